The fraction of sp³-hybridized carbons (Fsp3) is 0.455. The van der Waals surface area contributed by atoms with Gasteiger partial charge in [-0.25, -0.2) is 4.40 Å². The van der Waals surface area contributed by atoms with E-state index >= 15 is 0 Å². The Morgan fingerprint density at radius 3 is 2.89 bits per heavy atom. The second kappa shape index (κ2) is 4.34. The molecular weight excluding hydrogens is 268 g/mol. The highest BCUT2D eigenvalue weighted by Crippen LogP contribution is 2.15. The Labute approximate surface area is 113 Å². The van der Waals surface area contributed by atoms with Crippen molar-refractivity contribution in [2.24, 2.45) is 0 Å². The average Bonchev–Trinajstić information content (AvgIpc) is 2.94. The van der Waals surface area contributed by atoms with E-state index in [0.717, 1.165) is 19.4 Å². The molecule has 8 heteroatoms. The van der Waals surface area contributed by atoms with E-state index in [-0.39, 0.29) is 10.8 Å². The van der Waals surface area contributed by atoms with E-state index in [1.165, 1.54) is 4.40 Å². The molecule has 100 valence electrons. The first-order valence-electron chi connectivity index (χ1n) is 6.13. The van der Waals surface area contributed by atoms with Gasteiger partial charge in [0.15, 0.2) is 11.2 Å². The van der Waals surface area contributed by atoms with Crippen LogP contribution in [0.4, 0.5) is 0 Å². The highest BCUT2D eigenvalue weighted by atomic mass is 35.5. The third-order valence-electron chi connectivity index (χ3n) is 3.11. The summed E-state index contributed by atoms with van der Waals surface area (Å²) >= 11 is 5.87. The Kier molecular flexibility index (Phi) is 2.78. The molecule has 0 aliphatic carbocycles. The van der Waals surface area contributed by atoms with Crippen LogP contribution in [0.15, 0.2) is 4.79 Å². The number of aryl methyl sites for hydroxylation is 2. The summed E-state index contributed by atoms with van der Waals surface area (Å²) in [7, 11) is 0. The Bertz CT molecular complexity index is 810. The maximum absolute atomic E-state index is 12.3. The molecule has 1 N–H and O–H groups in total. The van der Waals surface area contributed by atoms with Crippen molar-refractivity contribution in [3.8, 4) is 0 Å². The van der Waals surface area contributed by atoms with E-state index in [9.17, 15) is 4.79 Å². The molecule has 19 heavy (non-hydrogen) atoms. The van der Waals surface area contributed by atoms with Gasteiger partial charge in [-0.3, -0.25) is 9.36 Å². The minimum absolute atomic E-state index is 0.205. The third-order valence-corrected chi connectivity index (χ3v) is 3.29. The minimum Gasteiger partial charge on any atom is -0.323 e. The fourth-order valence-electron chi connectivity index (χ4n) is 2.17. The monoisotopic (exact) mass is 280 g/mol. The van der Waals surface area contributed by atoms with E-state index in [1.54, 1.807) is 6.92 Å². The molecule has 0 saturated carbocycles. The minimum atomic E-state index is -0.223. The normalized spacial score (nSPS) is 11.7. The summed E-state index contributed by atoms with van der Waals surface area (Å²) < 4.78 is 3.36. The van der Waals surface area contributed by atoms with E-state index in [4.69, 9.17) is 11.6 Å². The zero-order valence-corrected chi connectivity index (χ0v) is 11.4. The summed E-state index contributed by atoms with van der Waals surface area (Å²) in [4.78, 5) is 19.3. The van der Waals surface area contributed by atoms with Crippen molar-refractivity contribution in [2.75, 3.05) is 0 Å². The largest absolute Gasteiger partial charge is 0.323 e. The molecule has 0 unspecified atom stereocenters. The van der Waals surface area contributed by atoms with Crippen LogP contribution < -0.4 is 5.56 Å². The number of halogens is 1. The van der Waals surface area contributed by atoms with Crippen LogP contribution in [-0.4, -0.2) is 29.1 Å². The zero-order valence-electron chi connectivity index (χ0n) is 10.6. The molecule has 7 nitrogen and oxygen atoms in total. The van der Waals surface area contributed by atoms with Crippen molar-refractivity contribution in [1.29, 1.82) is 0 Å². The van der Waals surface area contributed by atoms with Gasteiger partial charge < -0.3 is 4.98 Å². The molecule has 0 aliphatic rings. The lowest BCUT2D eigenvalue weighted by atomic mass is 10.3. The van der Waals surface area contributed by atoms with Gasteiger partial charge in [-0.15, -0.1) is 10.2 Å². The predicted molar refractivity (Wildman–Crippen MR) is 71.6 cm³/mol. The molecule has 3 aromatic rings. The van der Waals surface area contributed by atoms with Gasteiger partial charge in [0.1, 0.15) is 5.82 Å². The highest BCUT2D eigenvalue weighted by molar-refractivity contribution is 6.29. The van der Waals surface area contributed by atoms with Crippen molar-refractivity contribution in [1.82, 2.24) is 29.1 Å². The second-order valence-electron chi connectivity index (χ2n) is 4.42. The first-order valence-corrected chi connectivity index (χ1v) is 6.51. The zero-order chi connectivity index (χ0) is 13.6. The number of hydrogen-bond donors (Lipinski definition) is 1. The molecule has 3 heterocycles. The van der Waals surface area contributed by atoms with Gasteiger partial charge in [-0.05, 0) is 24.9 Å². The number of H-pyrrole nitrogens is 1. The molecular formula is C11H13ClN6O. The van der Waals surface area contributed by atoms with Gasteiger partial charge in [0.05, 0.1) is 0 Å². The lowest BCUT2D eigenvalue weighted by Crippen LogP contribution is -2.20. The Balaban J connectivity index is 2.45. The number of nitrogens with one attached hydrogen (secondary N) is 1. The van der Waals surface area contributed by atoms with Crippen LogP contribution in [0.1, 0.15) is 25.6 Å². The van der Waals surface area contributed by atoms with Crippen molar-refractivity contribution < 1.29 is 0 Å². The van der Waals surface area contributed by atoms with Gasteiger partial charge in [0, 0.05) is 6.54 Å². The molecule has 0 radical (unpaired) electrons. The maximum atomic E-state index is 12.3. The lowest BCUT2D eigenvalue weighted by molar-refractivity contribution is 0.643. The van der Waals surface area contributed by atoms with Crippen molar-refractivity contribution in [2.45, 2.75) is 33.2 Å². The smallest absolute Gasteiger partial charge is 0.286 e. The predicted octanol–water partition coefficient (Wildman–Crippen LogP) is 1.53. The van der Waals surface area contributed by atoms with Crippen LogP contribution >= 0.6 is 11.6 Å². The third kappa shape index (κ3) is 1.73. The molecule has 0 atom stereocenters. The highest BCUT2D eigenvalue weighted by Gasteiger charge is 2.17. The summed E-state index contributed by atoms with van der Waals surface area (Å²) in [6.45, 7) is 4.56. The Hall–Kier alpha value is -1.89. The van der Waals surface area contributed by atoms with Crippen LogP contribution in [0, 0.1) is 6.92 Å². The summed E-state index contributed by atoms with van der Waals surface area (Å²) in [5.41, 5.74) is 0.694. The van der Waals surface area contributed by atoms with Gasteiger partial charge in [0.2, 0.25) is 11.1 Å². The Morgan fingerprint density at radius 2 is 2.16 bits per heavy atom. The molecule has 0 saturated heterocycles. The number of imidazole rings is 1. The number of aromatic amines is 1. The number of nitrogens with zero attached hydrogens (tertiary/aromatic N) is 5. The number of hydrogen-bond acceptors (Lipinski definition) is 4. The topological polar surface area (TPSA) is 80.9 Å². The van der Waals surface area contributed by atoms with E-state index in [1.807, 2.05) is 4.57 Å². The van der Waals surface area contributed by atoms with Crippen molar-refractivity contribution in [3.63, 3.8) is 0 Å². The van der Waals surface area contributed by atoms with Crippen LogP contribution in [-0.2, 0) is 6.54 Å². The quantitative estimate of drug-likeness (QED) is 0.738. The number of unbranched alkanes of at least 4 members (excludes halogenated alkanes) is 1. The van der Waals surface area contributed by atoms with Crippen molar-refractivity contribution >= 4 is 28.5 Å². The van der Waals surface area contributed by atoms with Crippen LogP contribution in [0.25, 0.3) is 16.9 Å². The molecule has 0 amide bonds. The molecule has 0 bridgehead atoms. The number of rotatable bonds is 3. The molecule has 0 aromatic carbocycles. The number of aromatic nitrogens is 6. The summed E-state index contributed by atoms with van der Waals surface area (Å²) in [5, 5.41) is 8.24. The van der Waals surface area contributed by atoms with E-state index in [2.05, 4.69) is 27.1 Å². The average molecular weight is 281 g/mol. The van der Waals surface area contributed by atoms with Gasteiger partial charge in [-0.2, -0.15) is 4.98 Å². The SMILES string of the molecule is CCCCn1c2nc(Cl)[nH]c2c(=O)n2c(C)nnc12. The number of fused-ring (bicyclic) bond motifs is 2. The molecule has 0 aliphatic heterocycles. The van der Waals surface area contributed by atoms with Gasteiger partial charge >= 0.3 is 0 Å². The molecule has 3 rings (SSSR count). The molecule has 3 aromatic heterocycles. The second-order valence-corrected chi connectivity index (χ2v) is 4.78. The maximum Gasteiger partial charge on any atom is 0.286 e. The van der Waals surface area contributed by atoms with Gasteiger partial charge in [0.25, 0.3) is 5.56 Å². The van der Waals surface area contributed by atoms with Gasteiger partial charge in [-0.1, -0.05) is 13.3 Å². The lowest BCUT2D eigenvalue weighted by Gasteiger charge is -2.07. The van der Waals surface area contributed by atoms with Crippen LogP contribution in [0.3, 0.4) is 0 Å². The molecule has 0 spiro atoms. The Morgan fingerprint density at radius 1 is 1.37 bits per heavy atom. The summed E-state index contributed by atoms with van der Waals surface area (Å²) in [6.07, 6.45) is 2.00. The fourth-order valence-corrected chi connectivity index (χ4v) is 2.35. The first kappa shape index (κ1) is 12.2. The van der Waals surface area contributed by atoms with Crippen molar-refractivity contribution in [3.05, 3.63) is 21.5 Å². The summed E-state index contributed by atoms with van der Waals surface area (Å²) in [5.74, 6) is 1.06. The standard InChI is InChI=1S/C11H13ClN6O/c1-3-4-5-17-8-7(13-10(12)14-8)9(19)18-6(2)15-16-11(17)18/h3-5H2,1-2H3,(H,13,14). The van der Waals surface area contributed by atoms with E-state index in [0.29, 0.717) is 22.8 Å². The van der Waals surface area contributed by atoms with Crippen LogP contribution in [0.5, 0.6) is 0 Å². The summed E-state index contributed by atoms with van der Waals surface area (Å²) in [6, 6.07) is 0. The molecule has 0 fully saturated rings. The first-order chi connectivity index (χ1) is 9.13. The van der Waals surface area contributed by atoms with E-state index < -0.39 is 0 Å². The van der Waals surface area contributed by atoms with Crippen LogP contribution in [0.2, 0.25) is 5.28 Å².